The van der Waals surface area contributed by atoms with Gasteiger partial charge in [-0.2, -0.15) is 0 Å². The molecule has 0 unspecified atom stereocenters. The number of carbonyl (C=O) groups is 1. The second-order valence-corrected chi connectivity index (χ2v) is 5.75. The molecule has 1 amide bonds. The maximum atomic E-state index is 14.2. The van der Waals surface area contributed by atoms with Gasteiger partial charge in [-0.15, -0.1) is 0 Å². The highest BCUT2D eigenvalue weighted by molar-refractivity contribution is 5.64. The Morgan fingerprint density at radius 2 is 2.29 bits per heavy atom. The van der Waals surface area contributed by atoms with Crippen molar-refractivity contribution in [1.82, 2.24) is 5.32 Å². The summed E-state index contributed by atoms with van der Waals surface area (Å²) < 4.78 is 14.2. The third kappa shape index (κ3) is 4.24. The summed E-state index contributed by atoms with van der Waals surface area (Å²) in [7, 11) is 0. The zero-order chi connectivity index (χ0) is 15.4. The first-order valence-corrected chi connectivity index (χ1v) is 7.23. The van der Waals surface area contributed by atoms with Crippen LogP contribution in [0, 0.1) is 11.7 Å². The molecule has 21 heavy (non-hydrogen) atoms. The molecule has 1 aromatic carbocycles. The summed E-state index contributed by atoms with van der Waals surface area (Å²) in [5.74, 6) is -0.0125. The number of carboxylic acid groups (broad SMARTS) is 1. The highest BCUT2D eigenvalue weighted by Crippen LogP contribution is 2.28. The number of amides is 1. The summed E-state index contributed by atoms with van der Waals surface area (Å²) in [6, 6.07) is 5.43. The summed E-state index contributed by atoms with van der Waals surface area (Å²) in [6.07, 6.45) is -0.144. The van der Waals surface area contributed by atoms with Crippen molar-refractivity contribution >= 4 is 17.5 Å². The van der Waals surface area contributed by atoms with E-state index in [9.17, 15) is 9.18 Å². The van der Waals surface area contributed by atoms with E-state index in [4.69, 9.17) is 5.11 Å². The second-order valence-electron chi connectivity index (χ2n) is 5.75. The number of benzene rings is 1. The van der Waals surface area contributed by atoms with Gasteiger partial charge in [-0.25, -0.2) is 9.18 Å². The number of hydrogen-bond donors (Lipinski definition) is 3. The first kappa shape index (κ1) is 15.4. The number of nitrogens with one attached hydrogen (secondary N) is 2. The molecule has 1 aliphatic heterocycles. The number of nitrogens with zero attached hydrogens (tertiary/aromatic N) is 1. The van der Waals surface area contributed by atoms with Crippen molar-refractivity contribution in [2.45, 2.75) is 26.3 Å². The predicted molar refractivity (Wildman–Crippen MR) is 81.5 cm³/mol. The molecule has 1 fully saturated rings. The SMILES string of the molecule is CC(C)Nc1ccc(N2CC[C@H](CNC(=O)O)C2)c(F)c1. The van der Waals surface area contributed by atoms with Crippen LogP contribution in [0.3, 0.4) is 0 Å². The number of hydrogen-bond acceptors (Lipinski definition) is 3. The molecule has 116 valence electrons. The highest BCUT2D eigenvalue weighted by Gasteiger charge is 2.24. The quantitative estimate of drug-likeness (QED) is 0.781. The lowest BCUT2D eigenvalue weighted by atomic mass is 10.1. The number of halogens is 1. The zero-order valence-electron chi connectivity index (χ0n) is 12.4. The minimum absolute atomic E-state index is 0.231. The molecule has 1 saturated heterocycles. The minimum Gasteiger partial charge on any atom is -0.465 e. The first-order chi connectivity index (χ1) is 9.95. The van der Waals surface area contributed by atoms with Gasteiger partial charge in [-0.3, -0.25) is 0 Å². The Hall–Kier alpha value is -1.98. The van der Waals surface area contributed by atoms with Gasteiger partial charge >= 0.3 is 6.09 Å². The van der Waals surface area contributed by atoms with Gasteiger partial charge in [-0.1, -0.05) is 0 Å². The van der Waals surface area contributed by atoms with Gasteiger partial charge < -0.3 is 20.6 Å². The molecule has 3 N–H and O–H groups in total. The van der Waals surface area contributed by atoms with Crippen LogP contribution in [-0.2, 0) is 0 Å². The van der Waals surface area contributed by atoms with Crippen LogP contribution < -0.4 is 15.5 Å². The minimum atomic E-state index is -1.01. The van der Waals surface area contributed by atoms with Crippen molar-refractivity contribution in [2.24, 2.45) is 5.92 Å². The molecule has 2 rings (SSSR count). The van der Waals surface area contributed by atoms with E-state index in [1.54, 1.807) is 6.07 Å². The molecular formula is C15H22FN3O2. The lowest BCUT2D eigenvalue weighted by Gasteiger charge is -2.20. The van der Waals surface area contributed by atoms with Gasteiger partial charge in [0.2, 0.25) is 0 Å². The molecule has 1 atom stereocenters. The first-order valence-electron chi connectivity index (χ1n) is 7.23. The molecule has 1 heterocycles. The Morgan fingerprint density at radius 3 is 2.90 bits per heavy atom. The van der Waals surface area contributed by atoms with Crippen molar-refractivity contribution < 1.29 is 14.3 Å². The van der Waals surface area contributed by atoms with Gasteiger partial charge in [0, 0.05) is 31.4 Å². The van der Waals surface area contributed by atoms with Crippen LogP contribution in [-0.4, -0.2) is 36.9 Å². The summed E-state index contributed by atoms with van der Waals surface area (Å²) in [5.41, 5.74) is 1.36. The Labute approximate surface area is 124 Å². The molecule has 6 heteroatoms. The van der Waals surface area contributed by atoms with Crippen LogP contribution in [0.4, 0.5) is 20.6 Å². The molecule has 0 bridgehead atoms. The van der Waals surface area contributed by atoms with Gasteiger partial charge in [0.15, 0.2) is 0 Å². The topological polar surface area (TPSA) is 64.6 Å². The van der Waals surface area contributed by atoms with Crippen molar-refractivity contribution in [2.75, 3.05) is 29.9 Å². The van der Waals surface area contributed by atoms with Crippen molar-refractivity contribution in [3.8, 4) is 0 Å². The average molecular weight is 295 g/mol. The van der Waals surface area contributed by atoms with Gasteiger partial charge in [0.1, 0.15) is 5.82 Å². The summed E-state index contributed by atoms with van der Waals surface area (Å²) in [4.78, 5) is 12.5. The Balaban J connectivity index is 1.98. The largest absolute Gasteiger partial charge is 0.465 e. The van der Waals surface area contributed by atoms with Crippen molar-refractivity contribution in [3.05, 3.63) is 24.0 Å². The molecule has 0 aromatic heterocycles. The molecule has 0 aliphatic carbocycles. The number of anilines is 2. The van der Waals surface area contributed by atoms with E-state index in [-0.39, 0.29) is 17.8 Å². The lowest BCUT2D eigenvalue weighted by molar-refractivity contribution is 0.192. The molecule has 1 aromatic rings. The second kappa shape index (κ2) is 6.65. The Morgan fingerprint density at radius 1 is 1.52 bits per heavy atom. The van der Waals surface area contributed by atoms with E-state index in [1.165, 1.54) is 6.07 Å². The van der Waals surface area contributed by atoms with Crippen LogP contribution >= 0.6 is 0 Å². The predicted octanol–water partition coefficient (Wildman–Crippen LogP) is 2.74. The van der Waals surface area contributed by atoms with Gasteiger partial charge in [0.05, 0.1) is 5.69 Å². The van der Waals surface area contributed by atoms with Crippen LogP contribution in [0.15, 0.2) is 18.2 Å². The van der Waals surface area contributed by atoms with E-state index >= 15 is 0 Å². The fourth-order valence-electron chi connectivity index (χ4n) is 2.64. The van der Waals surface area contributed by atoms with Crippen molar-refractivity contribution in [1.29, 1.82) is 0 Å². The van der Waals surface area contributed by atoms with Crippen LogP contribution in [0.5, 0.6) is 0 Å². The Bertz CT molecular complexity index is 508. The highest BCUT2D eigenvalue weighted by atomic mass is 19.1. The van der Waals surface area contributed by atoms with Crippen molar-refractivity contribution in [3.63, 3.8) is 0 Å². The van der Waals surface area contributed by atoms with Crippen LogP contribution in [0.1, 0.15) is 20.3 Å². The average Bonchev–Trinajstić information content (AvgIpc) is 2.84. The fourth-order valence-corrected chi connectivity index (χ4v) is 2.64. The third-order valence-electron chi connectivity index (χ3n) is 3.57. The molecule has 0 saturated carbocycles. The zero-order valence-corrected chi connectivity index (χ0v) is 12.4. The van der Waals surface area contributed by atoms with E-state index in [2.05, 4.69) is 10.6 Å². The summed E-state index contributed by atoms with van der Waals surface area (Å²) in [6.45, 7) is 5.85. The molecule has 0 radical (unpaired) electrons. The number of rotatable bonds is 5. The summed E-state index contributed by atoms with van der Waals surface area (Å²) in [5, 5.41) is 14.2. The van der Waals surface area contributed by atoms with Crippen LogP contribution in [0.2, 0.25) is 0 Å². The normalized spacial score (nSPS) is 18.1. The standard InChI is InChI=1S/C15H22FN3O2/c1-10(2)18-12-3-4-14(13(16)7-12)19-6-5-11(9-19)8-17-15(20)21/h3-4,7,10-11,17-18H,5-6,8-9H2,1-2H3,(H,20,21)/t11-/m1/s1. The fraction of sp³-hybridized carbons (Fsp3) is 0.533. The molecule has 0 spiro atoms. The Kier molecular flexibility index (Phi) is 4.88. The van der Waals surface area contributed by atoms with Crippen LogP contribution in [0.25, 0.3) is 0 Å². The molecule has 1 aliphatic rings. The van der Waals surface area contributed by atoms with E-state index in [1.807, 2.05) is 24.8 Å². The van der Waals surface area contributed by atoms with E-state index in [0.717, 1.165) is 18.7 Å². The monoisotopic (exact) mass is 295 g/mol. The van der Waals surface area contributed by atoms with E-state index in [0.29, 0.717) is 18.8 Å². The lowest BCUT2D eigenvalue weighted by Crippen LogP contribution is -2.29. The van der Waals surface area contributed by atoms with Gasteiger partial charge in [-0.05, 0) is 44.4 Å². The maximum Gasteiger partial charge on any atom is 0.404 e. The van der Waals surface area contributed by atoms with Gasteiger partial charge in [0.25, 0.3) is 0 Å². The molecule has 5 nitrogen and oxygen atoms in total. The molecular weight excluding hydrogens is 273 g/mol. The smallest absolute Gasteiger partial charge is 0.404 e. The maximum absolute atomic E-state index is 14.2. The van der Waals surface area contributed by atoms with E-state index < -0.39 is 6.09 Å². The third-order valence-corrected chi connectivity index (χ3v) is 3.57. The summed E-state index contributed by atoms with van der Waals surface area (Å²) >= 11 is 0.